The van der Waals surface area contributed by atoms with Gasteiger partial charge in [0.25, 0.3) is 5.91 Å². The molecule has 0 unspecified atom stereocenters. The van der Waals surface area contributed by atoms with Crippen molar-refractivity contribution in [3.63, 3.8) is 0 Å². The zero-order valence-electron chi connectivity index (χ0n) is 11.2. The molecule has 0 aromatic carbocycles. The van der Waals surface area contributed by atoms with Gasteiger partial charge in [0.1, 0.15) is 5.76 Å². The van der Waals surface area contributed by atoms with Crippen LogP contribution in [0, 0.1) is 6.92 Å². The number of rotatable bonds is 2. The van der Waals surface area contributed by atoms with Crippen molar-refractivity contribution in [3.8, 4) is 0 Å². The van der Waals surface area contributed by atoms with Gasteiger partial charge < -0.3 is 9.32 Å². The van der Waals surface area contributed by atoms with E-state index in [1.807, 2.05) is 11.8 Å². The Bertz CT molecular complexity index is 599. The SMILES string of the molecule is CC[C@H]1c2ccsc2CCN1C(=O)c1ccoc1C. The second-order valence-electron chi connectivity index (χ2n) is 4.86. The van der Waals surface area contributed by atoms with Crippen molar-refractivity contribution >= 4 is 17.2 Å². The Morgan fingerprint density at radius 2 is 2.37 bits per heavy atom. The lowest BCUT2D eigenvalue weighted by atomic mass is 9.97. The highest BCUT2D eigenvalue weighted by molar-refractivity contribution is 7.10. The van der Waals surface area contributed by atoms with E-state index >= 15 is 0 Å². The highest BCUT2D eigenvalue weighted by Crippen LogP contribution is 2.36. The first kappa shape index (κ1) is 12.5. The summed E-state index contributed by atoms with van der Waals surface area (Å²) in [7, 11) is 0. The molecule has 0 aliphatic carbocycles. The van der Waals surface area contributed by atoms with Gasteiger partial charge in [0.15, 0.2) is 0 Å². The molecule has 4 heteroatoms. The van der Waals surface area contributed by atoms with Gasteiger partial charge in [0, 0.05) is 11.4 Å². The number of carbonyl (C=O) groups excluding carboxylic acids is 1. The third-order valence-electron chi connectivity index (χ3n) is 3.83. The first-order valence-electron chi connectivity index (χ1n) is 6.63. The summed E-state index contributed by atoms with van der Waals surface area (Å²) in [4.78, 5) is 16.1. The maximum Gasteiger partial charge on any atom is 0.257 e. The molecule has 3 heterocycles. The Balaban J connectivity index is 1.94. The van der Waals surface area contributed by atoms with Crippen LogP contribution in [0.25, 0.3) is 0 Å². The van der Waals surface area contributed by atoms with Gasteiger partial charge in [-0.2, -0.15) is 0 Å². The van der Waals surface area contributed by atoms with E-state index < -0.39 is 0 Å². The third kappa shape index (κ3) is 2.00. The monoisotopic (exact) mass is 275 g/mol. The zero-order valence-corrected chi connectivity index (χ0v) is 12.0. The number of nitrogens with zero attached hydrogens (tertiary/aromatic N) is 1. The fraction of sp³-hybridized carbons (Fsp3) is 0.400. The quantitative estimate of drug-likeness (QED) is 0.835. The lowest BCUT2D eigenvalue weighted by Crippen LogP contribution is -2.39. The molecule has 100 valence electrons. The van der Waals surface area contributed by atoms with E-state index in [9.17, 15) is 4.79 Å². The molecule has 0 radical (unpaired) electrons. The van der Waals surface area contributed by atoms with E-state index in [0.717, 1.165) is 19.4 Å². The van der Waals surface area contributed by atoms with Gasteiger partial charge in [-0.3, -0.25) is 4.79 Å². The summed E-state index contributed by atoms with van der Waals surface area (Å²) in [6.07, 6.45) is 3.50. The van der Waals surface area contributed by atoms with Crippen LogP contribution in [0.4, 0.5) is 0 Å². The van der Waals surface area contributed by atoms with Crippen LogP contribution in [0.3, 0.4) is 0 Å². The van der Waals surface area contributed by atoms with Crippen molar-refractivity contribution in [3.05, 3.63) is 45.5 Å². The summed E-state index contributed by atoms with van der Waals surface area (Å²) in [5.74, 6) is 0.797. The molecule has 0 spiro atoms. The standard InChI is InChI=1S/C15H17NO2S/c1-3-13-12-6-9-19-14(12)4-7-16(13)15(17)11-5-8-18-10(11)2/h5-6,8-9,13H,3-4,7H2,1-2H3/t13-/m0/s1. The van der Waals surface area contributed by atoms with Crippen molar-refractivity contribution in [1.82, 2.24) is 4.90 Å². The highest BCUT2D eigenvalue weighted by Gasteiger charge is 2.31. The lowest BCUT2D eigenvalue weighted by Gasteiger charge is -2.35. The molecule has 1 amide bonds. The molecule has 1 aliphatic heterocycles. The van der Waals surface area contributed by atoms with Crippen molar-refractivity contribution in [2.45, 2.75) is 32.7 Å². The summed E-state index contributed by atoms with van der Waals surface area (Å²) in [6, 6.07) is 4.14. The topological polar surface area (TPSA) is 33.5 Å². The van der Waals surface area contributed by atoms with Crippen LogP contribution in [0.5, 0.6) is 0 Å². The summed E-state index contributed by atoms with van der Waals surface area (Å²) in [5, 5.41) is 2.13. The molecular formula is C15H17NO2S. The normalized spacial score (nSPS) is 18.4. The molecule has 19 heavy (non-hydrogen) atoms. The number of carbonyl (C=O) groups is 1. The van der Waals surface area contributed by atoms with Gasteiger partial charge in [-0.25, -0.2) is 0 Å². The van der Waals surface area contributed by atoms with Gasteiger partial charge in [-0.15, -0.1) is 11.3 Å². The lowest BCUT2D eigenvalue weighted by molar-refractivity contribution is 0.0655. The number of fused-ring (bicyclic) bond motifs is 1. The summed E-state index contributed by atoms with van der Waals surface area (Å²) in [5.41, 5.74) is 2.02. The van der Waals surface area contributed by atoms with Crippen LogP contribution in [-0.2, 0) is 6.42 Å². The molecular weight excluding hydrogens is 258 g/mol. The Hall–Kier alpha value is -1.55. The minimum absolute atomic E-state index is 0.0925. The first-order valence-corrected chi connectivity index (χ1v) is 7.51. The number of amides is 1. The predicted octanol–water partition coefficient (Wildman–Crippen LogP) is 3.80. The number of hydrogen-bond donors (Lipinski definition) is 0. The minimum Gasteiger partial charge on any atom is -0.469 e. The van der Waals surface area contributed by atoms with Gasteiger partial charge in [-0.1, -0.05) is 6.92 Å². The molecule has 1 aliphatic rings. The Labute approximate surface area is 116 Å². The average Bonchev–Trinajstić information content (AvgIpc) is 3.04. The van der Waals surface area contributed by atoms with E-state index in [-0.39, 0.29) is 11.9 Å². The fourth-order valence-electron chi connectivity index (χ4n) is 2.84. The second kappa shape index (κ2) is 4.85. The minimum atomic E-state index is 0.0925. The van der Waals surface area contributed by atoms with E-state index in [4.69, 9.17) is 4.42 Å². The van der Waals surface area contributed by atoms with Crippen molar-refractivity contribution in [1.29, 1.82) is 0 Å². The number of furan rings is 1. The first-order chi connectivity index (χ1) is 9.22. The fourth-order valence-corrected chi connectivity index (χ4v) is 3.77. The van der Waals surface area contributed by atoms with E-state index in [1.54, 1.807) is 23.7 Å². The smallest absolute Gasteiger partial charge is 0.257 e. The van der Waals surface area contributed by atoms with Gasteiger partial charge in [0.05, 0.1) is 17.9 Å². The summed E-state index contributed by atoms with van der Waals surface area (Å²) in [6.45, 7) is 4.78. The average molecular weight is 275 g/mol. The highest BCUT2D eigenvalue weighted by atomic mass is 32.1. The van der Waals surface area contributed by atoms with Crippen LogP contribution in [0.2, 0.25) is 0 Å². The summed E-state index contributed by atoms with van der Waals surface area (Å²) < 4.78 is 5.25. The van der Waals surface area contributed by atoms with Crippen molar-refractivity contribution in [2.24, 2.45) is 0 Å². The molecule has 0 bridgehead atoms. The number of thiophene rings is 1. The van der Waals surface area contributed by atoms with Gasteiger partial charge in [0.2, 0.25) is 0 Å². The van der Waals surface area contributed by atoms with Gasteiger partial charge >= 0.3 is 0 Å². The molecule has 3 rings (SSSR count). The van der Waals surface area contributed by atoms with Crippen molar-refractivity contribution < 1.29 is 9.21 Å². The molecule has 0 fully saturated rings. The Morgan fingerprint density at radius 1 is 1.53 bits per heavy atom. The molecule has 0 saturated heterocycles. The largest absolute Gasteiger partial charge is 0.469 e. The summed E-state index contributed by atoms with van der Waals surface area (Å²) >= 11 is 1.80. The van der Waals surface area contributed by atoms with Crippen LogP contribution < -0.4 is 0 Å². The van der Waals surface area contributed by atoms with Crippen LogP contribution in [-0.4, -0.2) is 17.4 Å². The van der Waals surface area contributed by atoms with Crippen LogP contribution in [0.15, 0.2) is 28.2 Å². The molecule has 0 N–H and O–H groups in total. The van der Waals surface area contributed by atoms with E-state index in [0.29, 0.717) is 11.3 Å². The molecule has 0 saturated carbocycles. The van der Waals surface area contributed by atoms with Gasteiger partial charge in [-0.05, 0) is 42.8 Å². The van der Waals surface area contributed by atoms with E-state index in [2.05, 4.69) is 18.4 Å². The maximum absolute atomic E-state index is 12.7. The number of aryl methyl sites for hydroxylation is 1. The molecule has 1 atom stereocenters. The molecule has 2 aromatic rings. The maximum atomic E-state index is 12.7. The number of hydrogen-bond acceptors (Lipinski definition) is 3. The third-order valence-corrected chi connectivity index (χ3v) is 4.83. The van der Waals surface area contributed by atoms with Crippen molar-refractivity contribution in [2.75, 3.05) is 6.54 Å². The molecule has 3 nitrogen and oxygen atoms in total. The Morgan fingerprint density at radius 3 is 3.05 bits per heavy atom. The molecule has 2 aromatic heterocycles. The second-order valence-corrected chi connectivity index (χ2v) is 5.86. The van der Waals surface area contributed by atoms with Crippen LogP contribution >= 0.6 is 11.3 Å². The predicted molar refractivity (Wildman–Crippen MR) is 75.5 cm³/mol. The Kier molecular flexibility index (Phi) is 3.19. The van der Waals surface area contributed by atoms with E-state index in [1.165, 1.54) is 10.4 Å². The van der Waals surface area contributed by atoms with Crippen LogP contribution in [0.1, 0.15) is 45.9 Å². The zero-order chi connectivity index (χ0) is 13.4.